The molecule has 0 spiro atoms. The summed E-state index contributed by atoms with van der Waals surface area (Å²) in [6.07, 6.45) is 0.817. The van der Waals surface area contributed by atoms with E-state index in [0.29, 0.717) is 42.1 Å². The standard InChI is InChI=1S/C21H26N2O4.C8H11N.CH2O/c1-5-23-21(25)15-7-6-14(18(22)10-15)9-17-12-20(27-4)19(26-3)11-16(17)8-13(2)24;1-7-3-5-8(9-2)6-4-7;1-2/h6-7,10-12,24H,2,5,8-9,22H2,1,3-4H3,(H,23,25);3-6,9H,1-2H3;1H2. The lowest BCUT2D eigenvalue weighted by Crippen LogP contribution is -2.22. The molecule has 0 fully saturated rings. The van der Waals surface area contributed by atoms with Crippen LogP contribution in [0.2, 0.25) is 0 Å². The molecule has 0 saturated carbocycles. The van der Waals surface area contributed by atoms with Crippen LogP contribution >= 0.6 is 0 Å². The van der Waals surface area contributed by atoms with Crippen molar-refractivity contribution in [3.8, 4) is 11.5 Å². The molecule has 0 radical (unpaired) electrons. The van der Waals surface area contributed by atoms with Crippen molar-refractivity contribution in [2.24, 2.45) is 0 Å². The van der Waals surface area contributed by atoms with Crippen LogP contribution in [0.3, 0.4) is 0 Å². The fourth-order valence-corrected chi connectivity index (χ4v) is 3.60. The summed E-state index contributed by atoms with van der Waals surface area (Å²) in [7, 11) is 5.06. The summed E-state index contributed by atoms with van der Waals surface area (Å²) in [5, 5.41) is 15.5. The molecule has 38 heavy (non-hydrogen) atoms. The maximum atomic E-state index is 12.0. The Hall–Kier alpha value is -4.46. The Morgan fingerprint density at radius 3 is 2.00 bits per heavy atom. The van der Waals surface area contributed by atoms with Crippen LogP contribution in [0.15, 0.2) is 66.9 Å². The highest BCUT2D eigenvalue weighted by atomic mass is 16.5. The average Bonchev–Trinajstić information content (AvgIpc) is 2.92. The lowest BCUT2D eigenvalue weighted by atomic mass is 9.95. The molecule has 0 aliphatic rings. The van der Waals surface area contributed by atoms with E-state index in [1.807, 2.05) is 39.0 Å². The smallest absolute Gasteiger partial charge is 0.251 e. The second kappa shape index (κ2) is 16.3. The van der Waals surface area contributed by atoms with E-state index in [9.17, 15) is 9.90 Å². The second-order valence-electron chi connectivity index (χ2n) is 8.28. The quantitative estimate of drug-likeness (QED) is 0.228. The number of hydrogen-bond acceptors (Lipinski definition) is 7. The molecule has 8 heteroatoms. The fourth-order valence-electron chi connectivity index (χ4n) is 3.60. The number of hydrogen-bond donors (Lipinski definition) is 4. The Bertz CT molecular complexity index is 1190. The summed E-state index contributed by atoms with van der Waals surface area (Å²) >= 11 is 0. The lowest BCUT2D eigenvalue weighted by molar-refractivity contribution is -0.0980. The van der Waals surface area contributed by atoms with Gasteiger partial charge in [0.05, 0.1) is 20.0 Å². The van der Waals surface area contributed by atoms with E-state index >= 15 is 0 Å². The molecule has 0 aromatic heterocycles. The summed E-state index contributed by atoms with van der Waals surface area (Å²) in [6.45, 7) is 10.1. The number of nitrogen functional groups attached to an aromatic ring is 1. The summed E-state index contributed by atoms with van der Waals surface area (Å²) < 4.78 is 10.7. The van der Waals surface area contributed by atoms with Crippen LogP contribution in [0.1, 0.15) is 39.5 Å². The van der Waals surface area contributed by atoms with Gasteiger partial charge in [0.25, 0.3) is 5.91 Å². The van der Waals surface area contributed by atoms with Gasteiger partial charge < -0.3 is 35.7 Å². The van der Waals surface area contributed by atoms with Gasteiger partial charge in [0.2, 0.25) is 0 Å². The number of aliphatic hydroxyl groups is 1. The molecule has 3 aromatic carbocycles. The first-order valence-electron chi connectivity index (χ1n) is 12.0. The van der Waals surface area contributed by atoms with Crippen molar-refractivity contribution < 1.29 is 24.2 Å². The number of aryl methyl sites for hydroxylation is 1. The molecule has 0 aliphatic heterocycles. The number of carbonyl (C=O) groups is 2. The van der Waals surface area contributed by atoms with Crippen LogP contribution in [0.25, 0.3) is 0 Å². The van der Waals surface area contributed by atoms with Gasteiger partial charge in [0, 0.05) is 37.0 Å². The van der Waals surface area contributed by atoms with Crippen LogP contribution in [-0.4, -0.2) is 45.6 Å². The van der Waals surface area contributed by atoms with Gasteiger partial charge in [0.1, 0.15) is 6.79 Å². The summed E-state index contributed by atoms with van der Waals surface area (Å²) in [5.74, 6) is 1.08. The third-order valence-corrected chi connectivity index (χ3v) is 5.57. The van der Waals surface area contributed by atoms with Crippen LogP contribution < -0.4 is 25.8 Å². The fraction of sp³-hybridized carbons (Fsp3) is 0.267. The number of allylic oxidation sites excluding steroid dienone is 1. The zero-order valence-corrected chi connectivity index (χ0v) is 22.9. The molecular formula is C30H39N3O5. The highest BCUT2D eigenvalue weighted by Gasteiger charge is 2.14. The predicted octanol–water partition coefficient (Wildman–Crippen LogP) is 5.09. The lowest BCUT2D eigenvalue weighted by Gasteiger charge is -2.16. The van der Waals surface area contributed by atoms with Gasteiger partial charge in [-0.1, -0.05) is 30.3 Å². The van der Waals surface area contributed by atoms with E-state index in [1.54, 1.807) is 26.4 Å². The Morgan fingerprint density at radius 2 is 1.53 bits per heavy atom. The number of methoxy groups -OCH3 is 2. The number of ether oxygens (including phenoxy) is 2. The van der Waals surface area contributed by atoms with Crippen molar-refractivity contribution in [2.75, 3.05) is 38.9 Å². The van der Waals surface area contributed by atoms with Crippen LogP contribution in [0.5, 0.6) is 11.5 Å². The number of aliphatic hydroxyl groups excluding tert-OH is 1. The van der Waals surface area contributed by atoms with Gasteiger partial charge in [0.15, 0.2) is 11.5 Å². The maximum absolute atomic E-state index is 12.0. The Morgan fingerprint density at radius 1 is 0.947 bits per heavy atom. The Balaban J connectivity index is 0.000000548. The highest BCUT2D eigenvalue weighted by Crippen LogP contribution is 2.33. The number of anilines is 2. The van der Waals surface area contributed by atoms with Gasteiger partial charge in [-0.3, -0.25) is 4.79 Å². The van der Waals surface area contributed by atoms with E-state index < -0.39 is 0 Å². The van der Waals surface area contributed by atoms with Crippen molar-refractivity contribution in [1.29, 1.82) is 0 Å². The SMILES string of the molecule is C=C(O)Cc1cc(OC)c(OC)cc1Cc1ccc(C(=O)NCC)cc1N.C=O.CNc1ccc(C)cc1. The van der Waals surface area contributed by atoms with Crippen molar-refractivity contribution in [3.63, 3.8) is 0 Å². The minimum Gasteiger partial charge on any atom is -0.513 e. The third kappa shape index (κ3) is 9.54. The number of benzene rings is 3. The molecule has 0 heterocycles. The summed E-state index contributed by atoms with van der Waals surface area (Å²) in [5.41, 5.74) is 12.4. The molecule has 0 saturated heterocycles. The third-order valence-electron chi connectivity index (χ3n) is 5.57. The van der Waals surface area contributed by atoms with E-state index in [4.69, 9.17) is 20.0 Å². The first kappa shape index (κ1) is 31.6. The molecule has 3 aromatic rings. The van der Waals surface area contributed by atoms with E-state index in [0.717, 1.165) is 16.7 Å². The molecule has 0 aliphatic carbocycles. The highest BCUT2D eigenvalue weighted by molar-refractivity contribution is 5.95. The minimum absolute atomic E-state index is 0.0584. The first-order chi connectivity index (χ1) is 18.2. The van der Waals surface area contributed by atoms with E-state index in [1.165, 1.54) is 11.3 Å². The number of rotatable bonds is 9. The molecule has 0 atom stereocenters. The first-order valence-corrected chi connectivity index (χ1v) is 12.0. The van der Waals surface area contributed by atoms with Crippen LogP contribution in [-0.2, 0) is 17.6 Å². The summed E-state index contributed by atoms with van der Waals surface area (Å²) in [6, 6.07) is 17.3. The average molecular weight is 522 g/mol. The van der Waals surface area contributed by atoms with Crippen molar-refractivity contribution >= 4 is 24.1 Å². The molecule has 204 valence electrons. The topological polar surface area (TPSA) is 123 Å². The zero-order valence-electron chi connectivity index (χ0n) is 22.9. The molecule has 8 nitrogen and oxygen atoms in total. The zero-order chi connectivity index (χ0) is 28.7. The van der Waals surface area contributed by atoms with E-state index in [2.05, 4.69) is 48.4 Å². The van der Waals surface area contributed by atoms with Crippen LogP contribution in [0, 0.1) is 6.92 Å². The molecule has 5 N–H and O–H groups in total. The van der Waals surface area contributed by atoms with Crippen molar-refractivity contribution in [2.45, 2.75) is 26.7 Å². The molecule has 0 bridgehead atoms. The molecule has 3 rings (SSSR count). The normalized spacial score (nSPS) is 9.61. The number of amides is 1. The van der Waals surface area contributed by atoms with Crippen molar-refractivity contribution in [3.05, 3.63) is 94.8 Å². The monoisotopic (exact) mass is 521 g/mol. The second-order valence-corrected chi connectivity index (χ2v) is 8.28. The Kier molecular flexibility index (Phi) is 13.6. The van der Waals surface area contributed by atoms with E-state index in [-0.39, 0.29) is 11.7 Å². The largest absolute Gasteiger partial charge is 0.513 e. The van der Waals surface area contributed by atoms with Gasteiger partial charge in [-0.25, -0.2) is 0 Å². The number of nitrogens with one attached hydrogen (secondary N) is 2. The maximum Gasteiger partial charge on any atom is 0.251 e. The molecule has 1 amide bonds. The van der Waals surface area contributed by atoms with Crippen molar-refractivity contribution in [1.82, 2.24) is 5.32 Å². The van der Waals surface area contributed by atoms with Crippen LogP contribution in [0.4, 0.5) is 11.4 Å². The van der Waals surface area contributed by atoms with Gasteiger partial charge in [-0.15, -0.1) is 0 Å². The van der Waals surface area contributed by atoms with Gasteiger partial charge in [-0.2, -0.15) is 0 Å². The predicted molar refractivity (Wildman–Crippen MR) is 155 cm³/mol. The summed E-state index contributed by atoms with van der Waals surface area (Å²) in [4.78, 5) is 20.0. The molecule has 0 unspecified atom stereocenters. The van der Waals surface area contributed by atoms with Gasteiger partial charge in [-0.05, 0) is 73.4 Å². The number of nitrogens with two attached hydrogens (primary N) is 1. The molecular weight excluding hydrogens is 482 g/mol. The minimum atomic E-state index is -0.154. The Labute approximate surface area is 225 Å². The number of carbonyl (C=O) groups excluding carboxylic acids is 2. The van der Waals surface area contributed by atoms with Gasteiger partial charge >= 0.3 is 0 Å².